The quantitative estimate of drug-likeness (QED) is 0.651. The lowest BCUT2D eigenvalue weighted by Crippen LogP contribution is -2.29. The maximum absolute atomic E-state index is 12.9. The molecule has 8 heteroatoms. The van der Waals surface area contributed by atoms with Crippen LogP contribution in [0.1, 0.15) is 53.7 Å². The topological polar surface area (TPSA) is 61.4 Å². The highest BCUT2D eigenvalue weighted by Gasteiger charge is 2.30. The minimum Gasteiger partial charge on any atom is -0.339 e. The summed E-state index contributed by atoms with van der Waals surface area (Å²) in [5.41, 5.74) is 1.81. The van der Waals surface area contributed by atoms with E-state index in [1.54, 1.807) is 29.2 Å². The molecule has 1 saturated heterocycles. The second-order valence-corrected chi connectivity index (χ2v) is 8.28. The zero-order valence-corrected chi connectivity index (χ0v) is 18.3. The van der Waals surface area contributed by atoms with Gasteiger partial charge in [-0.2, -0.15) is 13.2 Å². The Hall–Kier alpha value is -2.87. The van der Waals surface area contributed by atoms with E-state index in [4.69, 9.17) is 0 Å². The van der Waals surface area contributed by atoms with E-state index in [9.17, 15) is 22.8 Å². The fraction of sp³-hybridized carbons (Fsp3) is 0.417. The number of likely N-dealkylation sites (tertiary alicyclic amines) is 1. The summed E-state index contributed by atoms with van der Waals surface area (Å²) in [5, 5.41) is 6.04. The van der Waals surface area contributed by atoms with Gasteiger partial charge in [0.15, 0.2) is 0 Å². The number of nitrogens with one attached hydrogen (secondary N) is 2. The number of carbonyl (C=O) groups is 2. The first-order chi connectivity index (χ1) is 15.1. The summed E-state index contributed by atoms with van der Waals surface area (Å²) >= 11 is 0. The molecule has 2 aromatic carbocycles. The first-order valence-electron chi connectivity index (χ1n) is 10.7. The largest absolute Gasteiger partial charge is 0.416 e. The van der Waals surface area contributed by atoms with Gasteiger partial charge in [0, 0.05) is 43.9 Å². The van der Waals surface area contributed by atoms with Gasteiger partial charge in [-0.1, -0.05) is 18.2 Å². The van der Waals surface area contributed by atoms with Crippen molar-refractivity contribution in [3.8, 4) is 0 Å². The number of carbonyl (C=O) groups excluding carboxylic acids is 2. The molecule has 0 spiro atoms. The summed E-state index contributed by atoms with van der Waals surface area (Å²) in [6.07, 6.45) is -1.97. The molecule has 0 aromatic heterocycles. The van der Waals surface area contributed by atoms with Gasteiger partial charge in [0.2, 0.25) is 5.91 Å². The molecule has 172 valence electrons. The summed E-state index contributed by atoms with van der Waals surface area (Å²) in [6, 6.07) is 10.5. The predicted molar refractivity (Wildman–Crippen MR) is 117 cm³/mol. The standard InChI is InChI=1S/C24H28F3N3O2/c1-16(10-18-6-5-7-21(12-18)24(25,26)27)28-15-19-11-20(14-22(13-19)29-17(2)31)23(32)30-8-3-4-9-30/h5-7,11-14,16,28H,3-4,8-10,15H2,1-2H3,(H,29,31). The molecule has 2 amide bonds. The van der Waals surface area contributed by atoms with Gasteiger partial charge in [-0.25, -0.2) is 0 Å². The number of alkyl halides is 3. The van der Waals surface area contributed by atoms with Crippen molar-refractivity contribution in [1.29, 1.82) is 0 Å². The van der Waals surface area contributed by atoms with Crippen LogP contribution in [-0.4, -0.2) is 35.8 Å². The molecule has 1 unspecified atom stereocenters. The van der Waals surface area contributed by atoms with Gasteiger partial charge in [-0.3, -0.25) is 9.59 Å². The number of benzene rings is 2. The van der Waals surface area contributed by atoms with Crippen molar-refractivity contribution in [3.05, 3.63) is 64.7 Å². The van der Waals surface area contributed by atoms with Crippen LogP contribution in [0.15, 0.2) is 42.5 Å². The molecule has 1 atom stereocenters. The Kier molecular flexibility index (Phi) is 7.56. The average Bonchev–Trinajstić information content (AvgIpc) is 3.25. The SMILES string of the molecule is CC(=O)Nc1cc(CNC(C)Cc2cccc(C(F)(F)F)c2)cc(C(=O)N2CCCC2)c1. The fourth-order valence-electron chi connectivity index (χ4n) is 3.89. The van der Waals surface area contributed by atoms with Crippen molar-refractivity contribution in [3.63, 3.8) is 0 Å². The van der Waals surface area contributed by atoms with E-state index < -0.39 is 11.7 Å². The number of nitrogens with zero attached hydrogens (tertiary/aromatic N) is 1. The molecule has 2 N–H and O–H groups in total. The molecular formula is C24H28F3N3O2. The van der Waals surface area contributed by atoms with Crippen LogP contribution in [0.2, 0.25) is 0 Å². The molecule has 1 aliphatic heterocycles. The molecule has 0 radical (unpaired) electrons. The zero-order chi connectivity index (χ0) is 23.3. The highest BCUT2D eigenvalue weighted by atomic mass is 19.4. The van der Waals surface area contributed by atoms with Crippen LogP contribution in [0.4, 0.5) is 18.9 Å². The maximum Gasteiger partial charge on any atom is 0.416 e. The molecular weight excluding hydrogens is 419 g/mol. The lowest BCUT2D eigenvalue weighted by atomic mass is 10.0. The number of anilines is 1. The second-order valence-electron chi connectivity index (χ2n) is 8.28. The third kappa shape index (κ3) is 6.56. The van der Waals surface area contributed by atoms with Gasteiger partial charge < -0.3 is 15.5 Å². The monoisotopic (exact) mass is 447 g/mol. The van der Waals surface area contributed by atoms with Crippen LogP contribution in [0.3, 0.4) is 0 Å². The summed E-state index contributed by atoms with van der Waals surface area (Å²) in [7, 11) is 0. The molecule has 32 heavy (non-hydrogen) atoms. The Morgan fingerprint density at radius 1 is 1.06 bits per heavy atom. The van der Waals surface area contributed by atoms with Gasteiger partial charge in [-0.05, 0) is 61.6 Å². The molecule has 1 aliphatic rings. The average molecular weight is 448 g/mol. The molecule has 0 saturated carbocycles. The highest BCUT2D eigenvalue weighted by Crippen LogP contribution is 2.29. The molecule has 1 fully saturated rings. The van der Waals surface area contributed by atoms with Crippen molar-refractivity contribution in [2.24, 2.45) is 0 Å². The third-order valence-corrected chi connectivity index (χ3v) is 5.40. The van der Waals surface area contributed by atoms with Crippen LogP contribution >= 0.6 is 0 Å². The van der Waals surface area contributed by atoms with E-state index in [0.29, 0.717) is 29.8 Å². The molecule has 2 aromatic rings. The Bertz CT molecular complexity index is 969. The number of rotatable bonds is 7. The van der Waals surface area contributed by atoms with Crippen LogP contribution in [0.5, 0.6) is 0 Å². The van der Waals surface area contributed by atoms with E-state index in [0.717, 1.165) is 37.6 Å². The van der Waals surface area contributed by atoms with E-state index >= 15 is 0 Å². The Morgan fingerprint density at radius 2 is 1.78 bits per heavy atom. The summed E-state index contributed by atoms with van der Waals surface area (Å²) in [6.45, 7) is 5.17. The van der Waals surface area contributed by atoms with E-state index in [2.05, 4.69) is 10.6 Å². The Balaban J connectivity index is 1.69. The first-order valence-corrected chi connectivity index (χ1v) is 10.7. The maximum atomic E-state index is 12.9. The highest BCUT2D eigenvalue weighted by molar-refractivity contribution is 5.97. The molecule has 0 bridgehead atoms. The van der Waals surface area contributed by atoms with Crippen molar-refractivity contribution >= 4 is 17.5 Å². The lowest BCUT2D eigenvalue weighted by molar-refractivity contribution is -0.137. The lowest BCUT2D eigenvalue weighted by Gasteiger charge is -2.18. The van der Waals surface area contributed by atoms with Gasteiger partial charge in [0.05, 0.1) is 5.56 Å². The minimum absolute atomic E-state index is 0.0621. The van der Waals surface area contributed by atoms with Gasteiger partial charge in [0.1, 0.15) is 0 Å². The summed E-state index contributed by atoms with van der Waals surface area (Å²) in [5.74, 6) is -0.291. The van der Waals surface area contributed by atoms with Crippen LogP contribution in [0, 0.1) is 0 Å². The van der Waals surface area contributed by atoms with Gasteiger partial charge >= 0.3 is 6.18 Å². The predicted octanol–water partition coefficient (Wildman–Crippen LogP) is 4.62. The van der Waals surface area contributed by atoms with Crippen molar-refractivity contribution in [1.82, 2.24) is 10.2 Å². The number of hydrogen-bond donors (Lipinski definition) is 2. The summed E-state index contributed by atoms with van der Waals surface area (Å²) in [4.78, 5) is 26.2. The smallest absolute Gasteiger partial charge is 0.339 e. The van der Waals surface area contributed by atoms with E-state index in [1.165, 1.54) is 19.1 Å². The number of hydrogen-bond acceptors (Lipinski definition) is 3. The molecule has 0 aliphatic carbocycles. The van der Waals surface area contributed by atoms with Crippen molar-refractivity contribution in [2.75, 3.05) is 18.4 Å². The van der Waals surface area contributed by atoms with Crippen LogP contribution < -0.4 is 10.6 Å². The molecule has 1 heterocycles. The fourth-order valence-corrected chi connectivity index (χ4v) is 3.89. The van der Waals surface area contributed by atoms with Crippen LogP contribution in [-0.2, 0) is 23.9 Å². The normalized spacial score (nSPS) is 15.0. The van der Waals surface area contributed by atoms with Crippen LogP contribution in [0.25, 0.3) is 0 Å². The van der Waals surface area contributed by atoms with E-state index in [1.807, 2.05) is 6.92 Å². The third-order valence-electron chi connectivity index (χ3n) is 5.40. The Labute approximate surface area is 186 Å². The molecule has 3 rings (SSSR count). The Morgan fingerprint density at radius 3 is 2.44 bits per heavy atom. The van der Waals surface area contributed by atoms with E-state index in [-0.39, 0.29) is 17.9 Å². The number of amides is 2. The van der Waals surface area contributed by atoms with Gasteiger partial charge in [0.25, 0.3) is 5.91 Å². The minimum atomic E-state index is -4.37. The first kappa shape index (κ1) is 23.8. The van der Waals surface area contributed by atoms with Crippen molar-refractivity contribution < 1.29 is 22.8 Å². The van der Waals surface area contributed by atoms with Gasteiger partial charge in [-0.15, -0.1) is 0 Å². The van der Waals surface area contributed by atoms with Crippen molar-refractivity contribution in [2.45, 2.75) is 51.9 Å². The second kappa shape index (κ2) is 10.2. The molecule has 5 nitrogen and oxygen atoms in total. The number of halogens is 3. The summed E-state index contributed by atoms with van der Waals surface area (Å²) < 4.78 is 38.8. The zero-order valence-electron chi connectivity index (χ0n) is 18.3.